The second kappa shape index (κ2) is 9.76. The lowest BCUT2D eigenvalue weighted by Gasteiger charge is -2.21. The number of rotatable bonds is 7. The predicted molar refractivity (Wildman–Crippen MR) is 119 cm³/mol. The molecule has 1 amide bonds. The fraction of sp³-hybridized carbons (Fsp3) is 0.286. The van der Waals surface area contributed by atoms with Crippen LogP contribution in [-0.2, 0) is 4.79 Å². The highest BCUT2D eigenvalue weighted by Gasteiger charge is 2.25. The van der Waals surface area contributed by atoms with Crippen LogP contribution >= 0.6 is 23.4 Å². The van der Waals surface area contributed by atoms with Crippen molar-refractivity contribution < 1.29 is 13.6 Å². The van der Waals surface area contributed by atoms with Gasteiger partial charge in [0.15, 0.2) is 11.0 Å². The van der Waals surface area contributed by atoms with Crippen LogP contribution < -0.4 is 5.32 Å². The minimum absolute atomic E-state index is 0.0452. The number of hydrogen-bond donors (Lipinski definition) is 1. The van der Waals surface area contributed by atoms with Gasteiger partial charge in [0.2, 0.25) is 5.91 Å². The normalized spacial score (nSPS) is 13.3. The first kappa shape index (κ1) is 23.2. The third-order valence-corrected chi connectivity index (χ3v) is 6.01. The largest absolute Gasteiger partial charge is 0.323 e. The molecule has 0 spiro atoms. The number of carbonyl (C=O) groups is 1. The summed E-state index contributed by atoms with van der Waals surface area (Å²) in [5.41, 5.74) is 0.720. The van der Waals surface area contributed by atoms with E-state index in [4.69, 9.17) is 11.6 Å². The third kappa shape index (κ3) is 5.41. The molecule has 164 valence electrons. The zero-order valence-corrected chi connectivity index (χ0v) is 19.0. The summed E-state index contributed by atoms with van der Waals surface area (Å²) in [6.45, 7) is 3.66. The SMILES string of the molecule is C[C@@H](Sc1nnc([C@H](C)N(C)C)n1-c1ccc(F)cc1)C(=O)Nc1ccc(Cl)cc1F. The molecule has 0 radical (unpaired) electrons. The van der Waals surface area contributed by atoms with Gasteiger partial charge in [0.25, 0.3) is 0 Å². The van der Waals surface area contributed by atoms with E-state index in [0.717, 1.165) is 6.07 Å². The van der Waals surface area contributed by atoms with Crippen molar-refractivity contribution in [2.24, 2.45) is 0 Å². The van der Waals surface area contributed by atoms with E-state index >= 15 is 0 Å². The molecule has 0 aliphatic rings. The van der Waals surface area contributed by atoms with Gasteiger partial charge in [-0.3, -0.25) is 14.3 Å². The van der Waals surface area contributed by atoms with Crippen molar-refractivity contribution in [3.05, 3.63) is 64.9 Å². The van der Waals surface area contributed by atoms with Crippen molar-refractivity contribution in [2.75, 3.05) is 19.4 Å². The van der Waals surface area contributed by atoms with Crippen molar-refractivity contribution in [1.29, 1.82) is 0 Å². The highest BCUT2D eigenvalue weighted by atomic mass is 35.5. The summed E-state index contributed by atoms with van der Waals surface area (Å²) in [6, 6.07) is 9.92. The summed E-state index contributed by atoms with van der Waals surface area (Å²) in [5.74, 6) is -0.724. The van der Waals surface area contributed by atoms with Gasteiger partial charge in [-0.15, -0.1) is 10.2 Å². The molecule has 0 aliphatic carbocycles. The molecular weight excluding hydrogens is 444 g/mol. The molecule has 0 bridgehead atoms. The van der Waals surface area contributed by atoms with E-state index in [9.17, 15) is 13.6 Å². The Hall–Kier alpha value is -2.49. The van der Waals surface area contributed by atoms with Crippen molar-refractivity contribution in [3.63, 3.8) is 0 Å². The highest BCUT2D eigenvalue weighted by molar-refractivity contribution is 8.00. The summed E-state index contributed by atoms with van der Waals surface area (Å²) in [5, 5.41) is 11.2. The van der Waals surface area contributed by atoms with E-state index in [0.29, 0.717) is 16.7 Å². The zero-order chi connectivity index (χ0) is 22.7. The highest BCUT2D eigenvalue weighted by Crippen LogP contribution is 2.30. The molecule has 1 aromatic heterocycles. The minimum atomic E-state index is -0.616. The van der Waals surface area contributed by atoms with Crippen molar-refractivity contribution in [2.45, 2.75) is 30.3 Å². The molecule has 0 unspecified atom stereocenters. The number of amides is 1. The number of nitrogens with zero attached hydrogens (tertiary/aromatic N) is 4. The van der Waals surface area contributed by atoms with Crippen molar-refractivity contribution in [1.82, 2.24) is 19.7 Å². The number of benzene rings is 2. The zero-order valence-electron chi connectivity index (χ0n) is 17.4. The Balaban J connectivity index is 1.87. The Bertz CT molecular complexity index is 1070. The van der Waals surface area contributed by atoms with Crippen LogP contribution in [0.3, 0.4) is 0 Å². The van der Waals surface area contributed by atoms with Crippen LogP contribution in [0.25, 0.3) is 5.69 Å². The first-order valence-corrected chi connectivity index (χ1v) is 10.7. The van der Waals surface area contributed by atoms with Gasteiger partial charge in [0.05, 0.1) is 17.0 Å². The molecule has 10 heteroatoms. The molecule has 3 rings (SSSR count). The van der Waals surface area contributed by atoms with Crippen LogP contribution in [-0.4, -0.2) is 44.9 Å². The van der Waals surface area contributed by atoms with Gasteiger partial charge in [-0.2, -0.15) is 0 Å². The minimum Gasteiger partial charge on any atom is -0.323 e. The Morgan fingerprint density at radius 2 is 1.81 bits per heavy atom. The van der Waals surface area contributed by atoms with Gasteiger partial charge in [0, 0.05) is 10.7 Å². The smallest absolute Gasteiger partial charge is 0.237 e. The molecule has 1 heterocycles. The quantitative estimate of drug-likeness (QED) is 0.501. The van der Waals surface area contributed by atoms with Gasteiger partial charge in [-0.25, -0.2) is 8.78 Å². The van der Waals surface area contributed by atoms with E-state index in [1.807, 2.05) is 25.9 Å². The van der Waals surface area contributed by atoms with E-state index in [1.165, 1.54) is 36.0 Å². The Kier molecular flexibility index (Phi) is 7.30. The maximum Gasteiger partial charge on any atom is 0.237 e. The number of thioether (sulfide) groups is 1. The maximum atomic E-state index is 14.0. The Labute approximate surface area is 188 Å². The lowest BCUT2D eigenvalue weighted by Crippen LogP contribution is -2.24. The van der Waals surface area contributed by atoms with E-state index < -0.39 is 17.0 Å². The summed E-state index contributed by atoms with van der Waals surface area (Å²) in [4.78, 5) is 14.6. The predicted octanol–water partition coefficient (Wildman–Crippen LogP) is 4.94. The fourth-order valence-corrected chi connectivity index (χ4v) is 3.76. The van der Waals surface area contributed by atoms with Gasteiger partial charge in [-0.05, 0) is 70.4 Å². The van der Waals surface area contributed by atoms with Gasteiger partial charge in [0.1, 0.15) is 11.6 Å². The topological polar surface area (TPSA) is 63.1 Å². The monoisotopic (exact) mass is 465 g/mol. The summed E-state index contributed by atoms with van der Waals surface area (Å²) in [6.07, 6.45) is 0. The average Bonchev–Trinajstić information content (AvgIpc) is 3.13. The second-order valence-electron chi connectivity index (χ2n) is 7.17. The van der Waals surface area contributed by atoms with E-state index in [2.05, 4.69) is 15.5 Å². The van der Waals surface area contributed by atoms with Crippen molar-refractivity contribution >= 4 is 35.0 Å². The first-order chi connectivity index (χ1) is 14.7. The van der Waals surface area contributed by atoms with Crippen LogP contribution in [0.2, 0.25) is 5.02 Å². The van der Waals surface area contributed by atoms with Crippen LogP contribution in [0, 0.1) is 11.6 Å². The van der Waals surface area contributed by atoms with E-state index in [-0.39, 0.29) is 22.6 Å². The van der Waals surface area contributed by atoms with E-state index in [1.54, 1.807) is 23.6 Å². The van der Waals surface area contributed by atoms with Crippen LogP contribution in [0.1, 0.15) is 25.7 Å². The molecule has 0 fully saturated rings. The summed E-state index contributed by atoms with van der Waals surface area (Å²) < 4.78 is 29.3. The number of carbonyl (C=O) groups excluding carboxylic acids is 1. The second-order valence-corrected chi connectivity index (χ2v) is 8.91. The number of hydrogen-bond acceptors (Lipinski definition) is 5. The number of aromatic nitrogens is 3. The molecule has 0 saturated heterocycles. The average molecular weight is 466 g/mol. The van der Waals surface area contributed by atoms with Gasteiger partial charge in [-0.1, -0.05) is 23.4 Å². The molecule has 0 aliphatic heterocycles. The number of nitrogens with one attached hydrogen (secondary N) is 1. The fourth-order valence-electron chi connectivity index (χ4n) is 2.73. The Morgan fingerprint density at radius 1 is 1.13 bits per heavy atom. The molecule has 31 heavy (non-hydrogen) atoms. The lowest BCUT2D eigenvalue weighted by molar-refractivity contribution is -0.115. The Morgan fingerprint density at radius 3 is 2.42 bits per heavy atom. The van der Waals surface area contributed by atoms with Crippen LogP contribution in [0.5, 0.6) is 0 Å². The van der Waals surface area contributed by atoms with Crippen molar-refractivity contribution in [3.8, 4) is 5.69 Å². The van der Waals surface area contributed by atoms with Gasteiger partial charge >= 0.3 is 0 Å². The summed E-state index contributed by atoms with van der Waals surface area (Å²) >= 11 is 6.93. The molecule has 1 N–H and O–H groups in total. The van der Waals surface area contributed by atoms with Crippen LogP contribution in [0.15, 0.2) is 47.6 Å². The molecule has 6 nitrogen and oxygen atoms in total. The molecular formula is C21H22ClF2N5OS. The van der Waals surface area contributed by atoms with Gasteiger partial charge < -0.3 is 5.32 Å². The maximum absolute atomic E-state index is 14.0. The number of halogens is 3. The summed E-state index contributed by atoms with van der Waals surface area (Å²) in [7, 11) is 3.83. The first-order valence-electron chi connectivity index (χ1n) is 9.47. The number of anilines is 1. The molecule has 3 aromatic rings. The lowest BCUT2D eigenvalue weighted by atomic mass is 10.2. The molecule has 0 saturated carbocycles. The van der Waals surface area contributed by atoms with Crippen LogP contribution in [0.4, 0.5) is 14.5 Å². The third-order valence-electron chi connectivity index (χ3n) is 4.73. The molecule has 2 atom stereocenters. The molecule has 2 aromatic carbocycles. The standard InChI is InChI=1S/C21H22ClF2N5OS/c1-12(28(3)4)19-26-27-21(29(19)16-8-6-15(23)7-9-16)31-13(2)20(30)25-18-10-5-14(22)11-17(18)24/h5-13H,1-4H3,(H,25,30)/t12-,13+/m0/s1.